The fraction of sp³-hybridized carbons (Fsp3) is 0.667. The van der Waals surface area contributed by atoms with Gasteiger partial charge in [-0.1, -0.05) is 32.1 Å². The van der Waals surface area contributed by atoms with Gasteiger partial charge in [0.1, 0.15) is 16.1 Å². The topological polar surface area (TPSA) is 84.0 Å². The molecule has 0 bridgehead atoms. The number of carbonyl (C=O) groups is 2. The number of nitrogens with zero attached hydrogens (tertiary/aromatic N) is 2. The van der Waals surface area contributed by atoms with E-state index < -0.39 is 6.04 Å². The second-order valence-electron chi connectivity index (χ2n) is 5.63. The van der Waals surface area contributed by atoms with Crippen LogP contribution in [0.2, 0.25) is 0 Å². The maximum absolute atomic E-state index is 11.8. The molecule has 104 valence electrons. The summed E-state index contributed by atoms with van der Waals surface area (Å²) in [4.78, 5) is 22.8. The van der Waals surface area contributed by atoms with E-state index in [1.807, 2.05) is 0 Å². The molecule has 1 aromatic rings. The lowest BCUT2D eigenvalue weighted by Crippen LogP contribution is -2.41. The number of hydrogen-bond acceptors (Lipinski definition) is 5. The number of amides is 2. The summed E-state index contributed by atoms with van der Waals surface area (Å²) in [6.45, 7) is 6.58. The van der Waals surface area contributed by atoms with Crippen LogP contribution in [-0.4, -0.2) is 28.1 Å². The van der Waals surface area contributed by atoms with Crippen molar-refractivity contribution in [1.82, 2.24) is 20.8 Å². The Hall–Kier alpha value is -1.50. The zero-order chi connectivity index (χ0) is 14.0. The smallest absolute Gasteiger partial charge is 0.242 e. The Morgan fingerprint density at radius 1 is 1.47 bits per heavy atom. The number of carbonyl (C=O) groups excluding carboxylic acids is 2. The molecule has 19 heavy (non-hydrogen) atoms. The van der Waals surface area contributed by atoms with Crippen LogP contribution < -0.4 is 10.6 Å². The highest BCUT2D eigenvalue weighted by molar-refractivity contribution is 7.11. The molecule has 1 aliphatic heterocycles. The summed E-state index contributed by atoms with van der Waals surface area (Å²) >= 11 is 1.50. The van der Waals surface area contributed by atoms with Gasteiger partial charge in [-0.3, -0.25) is 9.59 Å². The summed E-state index contributed by atoms with van der Waals surface area (Å²) in [7, 11) is 0. The van der Waals surface area contributed by atoms with Crippen molar-refractivity contribution in [2.24, 2.45) is 0 Å². The lowest BCUT2D eigenvalue weighted by molar-refractivity contribution is -0.125. The van der Waals surface area contributed by atoms with Crippen molar-refractivity contribution in [3.05, 3.63) is 10.0 Å². The van der Waals surface area contributed by atoms with E-state index in [1.54, 1.807) is 0 Å². The first-order chi connectivity index (χ1) is 8.86. The molecule has 2 N–H and O–H groups in total. The van der Waals surface area contributed by atoms with Crippen LogP contribution in [0.5, 0.6) is 0 Å². The van der Waals surface area contributed by atoms with E-state index in [0.717, 1.165) is 10.0 Å². The van der Waals surface area contributed by atoms with Gasteiger partial charge in [0.2, 0.25) is 11.8 Å². The molecule has 0 unspecified atom stereocenters. The first kappa shape index (κ1) is 13.9. The monoisotopic (exact) mass is 282 g/mol. The average molecular weight is 282 g/mol. The Balaban J connectivity index is 1.87. The molecule has 2 heterocycles. The molecular formula is C12H18N4O2S. The third-order valence-electron chi connectivity index (χ3n) is 2.83. The van der Waals surface area contributed by atoms with Crippen LogP contribution in [0.4, 0.5) is 0 Å². The minimum absolute atomic E-state index is 0.0284. The maximum Gasteiger partial charge on any atom is 0.242 e. The van der Waals surface area contributed by atoms with Crippen molar-refractivity contribution in [2.75, 3.05) is 0 Å². The number of rotatable bonds is 3. The molecule has 1 atom stereocenters. The Kier molecular flexibility index (Phi) is 3.84. The van der Waals surface area contributed by atoms with Crippen molar-refractivity contribution in [3.63, 3.8) is 0 Å². The summed E-state index contributed by atoms with van der Waals surface area (Å²) in [5.74, 6) is -0.218. The van der Waals surface area contributed by atoms with Crippen LogP contribution in [0, 0.1) is 0 Å². The van der Waals surface area contributed by atoms with E-state index in [2.05, 4.69) is 41.6 Å². The van der Waals surface area contributed by atoms with E-state index >= 15 is 0 Å². The molecule has 2 rings (SSSR count). The average Bonchev–Trinajstić information content (AvgIpc) is 2.93. The second-order valence-corrected chi connectivity index (χ2v) is 6.69. The second kappa shape index (κ2) is 5.24. The van der Waals surface area contributed by atoms with Gasteiger partial charge in [-0.05, 0) is 6.42 Å². The van der Waals surface area contributed by atoms with Crippen LogP contribution in [0.15, 0.2) is 0 Å². The van der Waals surface area contributed by atoms with Gasteiger partial charge < -0.3 is 10.6 Å². The fourth-order valence-electron chi connectivity index (χ4n) is 1.72. The zero-order valence-electron chi connectivity index (χ0n) is 11.3. The highest BCUT2D eigenvalue weighted by atomic mass is 32.1. The minimum Gasteiger partial charge on any atom is -0.348 e. The van der Waals surface area contributed by atoms with Gasteiger partial charge >= 0.3 is 0 Å². The van der Waals surface area contributed by atoms with Crippen LogP contribution in [0.25, 0.3) is 0 Å². The largest absolute Gasteiger partial charge is 0.348 e. The van der Waals surface area contributed by atoms with Crippen molar-refractivity contribution in [2.45, 2.75) is 51.6 Å². The summed E-state index contributed by atoms with van der Waals surface area (Å²) in [6.07, 6.45) is 0.985. The Morgan fingerprint density at radius 2 is 2.21 bits per heavy atom. The Labute approximate surface area is 116 Å². The van der Waals surface area contributed by atoms with Crippen molar-refractivity contribution < 1.29 is 9.59 Å². The van der Waals surface area contributed by atoms with Crippen LogP contribution in [0.3, 0.4) is 0 Å². The number of nitrogens with one attached hydrogen (secondary N) is 2. The minimum atomic E-state index is -0.400. The molecule has 2 amide bonds. The molecule has 1 aromatic heterocycles. The highest BCUT2D eigenvalue weighted by Crippen LogP contribution is 2.25. The van der Waals surface area contributed by atoms with Gasteiger partial charge in [0.25, 0.3) is 0 Å². The lowest BCUT2D eigenvalue weighted by atomic mass is 9.98. The summed E-state index contributed by atoms with van der Waals surface area (Å²) in [5.41, 5.74) is -0.0284. The van der Waals surface area contributed by atoms with Gasteiger partial charge in [-0.25, -0.2) is 0 Å². The van der Waals surface area contributed by atoms with E-state index in [-0.39, 0.29) is 17.2 Å². The summed E-state index contributed by atoms with van der Waals surface area (Å²) < 4.78 is 0. The normalized spacial score (nSPS) is 19.3. The van der Waals surface area contributed by atoms with Crippen molar-refractivity contribution >= 4 is 23.2 Å². The summed E-state index contributed by atoms with van der Waals surface area (Å²) in [5, 5.41) is 15.3. The molecule has 0 saturated carbocycles. The maximum atomic E-state index is 11.8. The standard InChI is InChI=1S/C12H18N4O2S/c1-12(2,3)11-16-15-9(19-11)6-13-10(18)7-4-5-8(17)14-7/h7H,4-6H2,1-3H3,(H,13,18)(H,14,17)/t7-/m1/s1. The lowest BCUT2D eigenvalue weighted by Gasteiger charge is -2.12. The van der Waals surface area contributed by atoms with Crippen LogP contribution in [-0.2, 0) is 21.5 Å². The molecule has 7 heteroatoms. The molecule has 1 fully saturated rings. The molecule has 1 saturated heterocycles. The first-order valence-electron chi connectivity index (χ1n) is 6.26. The van der Waals surface area contributed by atoms with Crippen molar-refractivity contribution in [3.8, 4) is 0 Å². The molecular weight excluding hydrogens is 264 g/mol. The highest BCUT2D eigenvalue weighted by Gasteiger charge is 2.27. The molecule has 0 spiro atoms. The van der Waals surface area contributed by atoms with E-state index in [0.29, 0.717) is 19.4 Å². The fourth-order valence-corrected chi connectivity index (χ4v) is 2.56. The van der Waals surface area contributed by atoms with Crippen LogP contribution >= 0.6 is 11.3 Å². The van der Waals surface area contributed by atoms with E-state index in [4.69, 9.17) is 0 Å². The van der Waals surface area contributed by atoms with E-state index in [9.17, 15) is 9.59 Å². The van der Waals surface area contributed by atoms with Gasteiger partial charge in [0.15, 0.2) is 0 Å². The van der Waals surface area contributed by atoms with Gasteiger partial charge in [-0.2, -0.15) is 0 Å². The van der Waals surface area contributed by atoms with Gasteiger partial charge in [0, 0.05) is 11.8 Å². The summed E-state index contributed by atoms with van der Waals surface area (Å²) in [6, 6.07) is -0.400. The van der Waals surface area contributed by atoms with Gasteiger partial charge in [-0.15, -0.1) is 10.2 Å². The number of hydrogen-bond donors (Lipinski definition) is 2. The predicted molar refractivity (Wildman–Crippen MR) is 71.6 cm³/mol. The predicted octanol–water partition coefficient (Wildman–Crippen LogP) is 0.730. The molecule has 6 nitrogen and oxygen atoms in total. The van der Waals surface area contributed by atoms with Crippen molar-refractivity contribution in [1.29, 1.82) is 0 Å². The third-order valence-corrected chi connectivity index (χ3v) is 4.18. The zero-order valence-corrected chi connectivity index (χ0v) is 12.1. The van der Waals surface area contributed by atoms with E-state index in [1.165, 1.54) is 11.3 Å². The number of aromatic nitrogens is 2. The SMILES string of the molecule is CC(C)(C)c1nnc(CNC(=O)[C@H]2CCC(=O)N2)s1. The molecule has 0 radical (unpaired) electrons. The van der Waals surface area contributed by atoms with Crippen LogP contribution in [0.1, 0.15) is 43.6 Å². The Bertz CT molecular complexity index is 492. The Morgan fingerprint density at radius 3 is 2.74 bits per heavy atom. The van der Waals surface area contributed by atoms with Gasteiger partial charge in [0.05, 0.1) is 6.54 Å². The molecule has 0 aromatic carbocycles. The molecule has 0 aliphatic carbocycles. The third kappa shape index (κ3) is 3.50. The first-order valence-corrected chi connectivity index (χ1v) is 7.08. The quantitative estimate of drug-likeness (QED) is 0.856. The molecule has 1 aliphatic rings.